The summed E-state index contributed by atoms with van der Waals surface area (Å²) in [5.41, 5.74) is -0.582. The van der Waals surface area contributed by atoms with Crippen molar-refractivity contribution in [3.63, 3.8) is 0 Å². The van der Waals surface area contributed by atoms with Gasteiger partial charge in [-0.2, -0.15) is 0 Å². The number of carboxylic acid groups (broad SMARTS) is 1. The van der Waals surface area contributed by atoms with Crippen molar-refractivity contribution in [2.45, 2.75) is 26.8 Å². The van der Waals surface area contributed by atoms with E-state index in [1.165, 1.54) is 12.3 Å². The van der Waals surface area contributed by atoms with Crippen LogP contribution in [0.2, 0.25) is 0 Å². The average Bonchev–Trinajstić information content (AvgIpc) is 2.63. The molecule has 0 unspecified atom stereocenters. The third-order valence-corrected chi connectivity index (χ3v) is 2.05. The van der Waals surface area contributed by atoms with Crippen LogP contribution < -0.4 is 5.32 Å². The molecule has 88 valence electrons. The molecular weight excluding hydrogens is 212 g/mol. The Labute approximate surface area is 92.6 Å². The summed E-state index contributed by atoms with van der Waals surface area (Å²) in [5.74, 6) is -1.67. The summed E-state index contributed by atoms with van der Waals surface area (Å²) in [6.07, 6.45) is 1.32. The van der Waals surface area contributed by atoms with Crippen LogP contribution in [0.15, 0.2) is 16.8 Å². The minimum Gasteiger partial charge on any atom is -0.480 e. The Kier molecular flexibility index (Phi) is 3.31. The molecular formula is C10H14N2O4. The first-order chi connectivity index (χ1) is 7.32. The van der Waals surface area contributed by atoms with Gasteiger partial charge in [-0.1, -0.05) is 25.9 Å². The molecule has 0 aliphatic heterocycles. The number of hydrogen-bond donors (Lipinski definition) is 2. The molecule has 0 saturated heterocycles. The van der Waals surface area contributed by atoms with E-state index in [1.807, 2.05) is 0 Å². The molecule has 16 heavy (non-hydrogen) atoms. The van der Waals surface area contributed by atoms with E-state index in [4.69, 9.17) is 5.11 Å². The van der Waals surface area contributed by atoms with Crippen LogP contribution in [-0.2, 0) is 4.79 Å². The SMILES string of the molecule is CC(C)(C)[C@H](NC(=O)c1ccno1)C(=O)O. The highest BCUT2D eigenvalue weighted by Gasteiger charge is 2.33. The van der Waals surface area contributed by atoms with Crippen molar-refractivity contribution >= 4 is 11.9 Å². The Morgan fingerprint density at radius 2 is 2.12 bits per heavy atom. The first-order valence-electron chi connectivity index (χ1n) is 4.76. The molecule has 0 saturated carbocycles. The van der Waals surface area contributed by atoms with Crippen molar-refractivity contribution in [3.05, 3.63) is 18.0 Å². The van der Waals surface area contributed by atoms with Crippen LogP contribution in [-0.4, -0.2) is 28.2 Å². The molecule has 0 fully saturated rings. The van der Waals surface area contributed by atoms with Crippen LogP contribution in [0.3, 0.4) is 0 Å². The number of rotatable bonds is 3. The summed E-state index contributed by atoms with van der Waals surface area (Å²) in [7, 11) is 0. The van der Waals surface area contributed by atoms with E-state index in [2.05, 4.69) is 15.0 Å². The molecule has 0 aromatic carbocycles. The number of hydrogen-bond acceptors (Lipinski definition) is 4. The zero-order valence-corrected chi connectivity index (χ0v) is 9.35. The number of carboxylic acids is 1. The molecule has 0 spiro atoms. The molecule has 6 nitrogen and oxygen atoms in total. The Morgan fingerprint density at radius 1 is 1.50 bits per heavy atom. The lowest BCUT2D eigenvalue weighted by Crippen LogP contribution is -2.49. The van der Waals surface area contributed by atoms with Gasteiger partial charge in [0.1, 0.15) is 6.04 Å². The predicted molar refractivity (Wildman–Crippen MR) is 54.8 cm³/mol. The fourth-order valence-electron chi connectivity index (χ4n) is 1.18. The predicted octanol–water partition coefficient (Wildman–Crippen LogP) is 0.904. The fraction of sp³-hybridized carbons (Fsp3) is 0.500. The quantitative estimate of drug-likeness (QED) is 0.798. The Morgan fingerprint density at radius 3 is 2.50 bits per heavy atom. The number of carbonyl (C=O) groups excluding carboxylic acids is 1. The van der Waals surface area contributed by atoms with E-state index < -0.39 is 23.3 Å². The number of amides is 1. The van der Waals surface area contributed by atoms with Crippen molar-refractivity contribution in [2.75, 3.05) is 0 Å². The van der Waals surface area contributed by atoms with Gasteiger partial charge >= 0.3 is 5.97 Å². The Hall–Kier alpha value is -1.85. The van der Waals surface area contributed by atoms with Crippen LogP contribution >= 0.6 is 0 Å². The lowest BCUT2D eigenvalue weighted by molar-refractivity contribution is -0.142. The third-order valence-electron chi connectivity index (χ3n) is 2.05. The van der Waals surface area contributed by atoms with Crippen molar-refractivity contribution in [3.8, 4) is 0 Å². The highest BCUT2D eigenvalue weighted by molar-refractivity contribution is 5.94. The van der Waals surface area contributed by atoms with Gasteiger partial charge in [-0.3, -0.25) is 4.79 Å². The van der Waals surface area contributed by atoms with E-state index in [9.17, 15) is 9.59 Å². The van der Waals surface area contributed by atoms with E-state index in [-0.39, 0.29) is 5.76 Å². The second-order valence-electron chi connectivity index (χ2n) is 4.49. The lowest BCUT2D eigenvalue weighted by atomic mass is 9.87. The van der Waals surface area contributed by atoms with Crippen LogP contribution in [0.1, 0.15) is 31.3 Å². The normalized spacial score (nSPS) is 13.2. The van der Waals surface area contributed by atoms with E-state index in [0.29, 0.717) is 0 Å². The minimum atomic E-state index is -1.08. The zero-order chi connectivity index (χ0) is 12.3. The molecule has 1 amide bonds. The highest BCUT2D eigenvalue weighted by atomic mass is 16.5. The van der Waals surface area contributed by atoms with E-state index >= 15 is 0 Å². The maximum Gasteiger partial charge on any atom is 0.326 e. The fourth-order valence-corrected chi connectivity index (χ4v) is 1.18. The smallest absolute Gasteiger partial charge is 0.326 e. The van der Waals surface area contributed by atoms with Gasteiger partial charge in [-0.25, -0.2) is 4.79 Å². The topological polar surface area (TPSA) is 92.4 Å². The molecule has 1 heterocycles. The average molecular weight is 226 g/mol. The summed E-state index contributed by atoms with van der Waals surface area (Å²) >= 11 is 0. The second kappa shape index (κ2) is 4.34. The van der Waals surface area contributed by atoms with Crippen molar-refractivity contribution < 1.29 is 19.2 Å². The maximum absolute atomic E-state index is 11.6. The lowest BCUT2D eigenvalue weighted by Gasteiger charge is -2.27. The summed E-state index contributed by atoms with van der Waals surface area (Å²) < 4.78 is 4.63. The van der Waals surface area contributed by atoms with Crippen LogP contribution in [0.5, 0.6) is 0 Å². The molecule has 0 aliphatic carbocycles. The molecule has 2 N–H and O–H groups in total. The molecule has 1 aromatic heterocycles. The molecule has 1 rings (SSSR count). The van der Waals surface area contributed by atoms with Crippen molar-refractivity contribution in [1.29, 1.82) is 0 Å². The van der Waals surface area contributed by atoms with Gasteiger partial charge in [0, 0.05) is 6.07 Å². The first kappa shape index (κ1) is 12.2. The Bertz CT molecular complexity index is 378. The molecule has 1 atom stereocenters. The summed E-state index contributed by atoms with van der Waals surface area (Å²) in [6.45, 7) is 5.19. The molecule has 0 radical (unpaired) electrons. The number of aromatic nitrogens is 1. The molecule has 6 heteroatoms. The number of carbonyl (C=O) groups is 2. The standard InChI is InChI=1S/C10H14N2O4/c1-10(2,3)7(9(14)15)12-8(13)6-4-5-11-16-6/h4-5,7H,1-3H3,(H,12,13)(H,14,15)/t7-/m1/s1. The summed E-state index contributed by atoms with van der Waals surface area (Å²) in [6, 6.07) is 0.391. The second-order valence-corrected chi connectivity index (χ2v) is 4.49. The third kappa shape index (κ3) is 2.82. The van der Waals surface area contributed by atoms with Crippen molar-refractivity contribution in [1.82, 2.24) is 10.5 Å². The maximum atomic E-state index is 11.6. The van der Waals surface area contributed by atoms with Gasteiger partial charge < -0.3 is 14.9 Å². The Balaban J connectivity index is 2.78. The van der Waals surface area contributed by atoms with Gasteiger partial charge in [-0.15, -0.1) is 0 Å². The van der Waals surface area contributed by atoms with E-state index in [0.717, 1.165) is 0 Å². The summed E-state index contributed by atoms with van der Waals surface area (Å²) in [5, 5.41) is 14.8. The monoisotopic (exact) mass is 226 g/mol. The zero-order valence-electron chi connectivity index (χ0n) is 9.35. The number of aliphatic carboxylic acids is 1. The summed E-state index contributed by atoms with van der Waals surface area (Å²) in [4.78, 5) is 22.5. The van der Waals surface area contributed by atoms with Gasteiger partial charge in [0.2, 0.25) is 5.76 Å². The van der Waals surface area contributed by atoms with E-state index in [1.54, 1.807) is 20.8 Å². The molecule has 0 aliphatic rings. The molecule has 0 bridgehead atoms. The van der Waals surface area contributed by atoms with Gasteiger partial charge in [0.15, 0.2) is 0 Å². The van der Waals surface area contributed by atoms with Crippen LogP contribution in [0, 0.1) is 5.41 Å². The van der Waals surface area contributed by atoms with Gasteiger partial charge in [-0.05, 0) is 5.41 Å². The molecule has 1 aromatic rings. The van der Waals surface area contributed by atoms with Gasteiger partial charge in [0.25, 0.3) is 5.91 Å². The number of nitrogens with one attached hydrogen (secondary N) is 1. The van der Waals surface area contributed by atoms with Crippen LogP contribution in [0.4, 0.5) is 0 Å². The highest BCUT2D eigenvalue weighted by Crippen LogP contribution is 2.19. The van der Waals surface area contributed by atoms with Crippen molar-refractivity contribution in [2.24, 2.45) is 5.41 Å². The van der Waals surface area contributed by atoms with Gasteiger partial charge in [0.05, 0.1) is 6.20 Å². The minimum absolute atomic E-state index is 0.00417. The van der Waals surface area contributed by atoms with Crippen LogP contribution in [0.25, 0.3) is 0 Å². The first-order valence-corrected chi connectivity index (χ1v) is 4.76. The number of nitrogens with zero attached hydrogens (tertiary/aromatic N) is 1. The largest absolute Gasteiger partial charge is 0.480 e.